The van der Waals surface area contributed by atoms with Crippen molar-refractivity contribution >= 4 is 6.08 Å². The van der Waals surface area contributed by atoms with Crippen LogP contribution in [0.3, 0.4) is 0 Å². The van der Waals surface area contributed by atoms with E-state index in [2.05, 4.69) is 49.4 Å². The zero-order valence-electron chi connectivity index (χ0n) is 14.5. The second-order valence-corrected chi connectivity index (χ2v) is 6.37. The Morgan fingerprint density at radius 2 is 1.40 bits per heavy atom. The minimum atomic E-state index is -0.524. The molecule has 0 saturated heterocycles. The Kier molecular flexibility index (Phi) is 5.81. The zero-order chi connectivity index (χ0) is 17.5. The average molecular weight is 328 g/mol. The lowest BCUT2D eigenvalue weighted by atomic mass is 9.85. The normalized spacial score (nSPS) is 13.7. The maximum Gasteiger partial charge on any atom is 0.0864 e. The molecule has 0 unspecified atom stereocenters. The van der Waals surface area contributed by atoms with Gasteiger partial charge in [-0.05, 0) is 35.6 Å². The summed E-state index contributed by atoms with van der Waals surface area (Å²) in [5, 5.41) is 11.1. The van der Waals surface area contributed by atoms with Crippen molar-refractivity contribution in [1.82, 2.24) is 0 Å². The number of aliphatic hydroxyl groups excluding tert-OH is 1. The quantitative estimate of drug-likeness (QED) is 0.596. The summed E-state index contributed by atoms with van der Waals surface area (Å²) in [5.74, 6) is 0.0299. The molecule has 0 radical (unpaired) electrons. The predicted octanol–water partition coefficient (Wildman–Crippen LogP) is 5.92. The molecule has 3 aromatic carbocycles. The van der Waals surface area contributed by atoms with E-state index in [-0.39, 0.29) is 5.92 Å². The molecule has 2 atom stereocenters. The smallest absolute Gasteiger partial charge is 0.0864 e. The van der Waals surface area contributed by atoms with Crippen LogP contribution in [0.1, 0.15) is 40.7 Å². The van der Waals surface area contributed by atoms with Gasteiger partial charge >= 0.3 is 0 Å². The van der Waals surface area contributed by atoms with Gasteiger partial charge in [0.2, 0.25) is 0 Å². The lowest BCUT2D eigenvalue weighted by molar-refractivity contribution is 0.145. The van der Waals surface area contributed by atoms with Gasteiger partial charge in [0.15, 0.2) is 0 Å². The first-order valence-corrected chi connectivity index (χ1v) is 8.76. The van der Waals surface area contributed by atoms with E-state index in [0.29, 0.717) is 0 Å². The van der Waals surface area contributed by atoms with Crippen molar-refractivity contribution in [3.05, 3.63) is 113 Å². The van der Waals surface area contributed by atoms with E-state index in [1.807, 2.05) is 54.6 Å². The molecule has 0 aliphatic carbocycles. The molecular weight excluding hydrogens is 304 g/mol. The van der Waals surface area contributed by atoms with Crippen molar-refractivity contribution in [1.29, 1.82) is 0 Å². The first-order chi connectivity index (χ1) is 12.3. The SMILES string of the molecule is Cc1ccccc1[C@H](O)[C@@H](C/C=C/c1ccccc1)c1ccccc1. The van der Waals surface area contributed by atoms with Gasteiger partial charge in [-0.15, -0.1) is 0 Å². The minimum Gasteiger partial charge on any atom is -0.388 e. The first kappa shape index (κ1) is 17.2. The van der Waals surface area contributed by atoms with Crippen LogP contribution in [0.4, 0.5) is 0 Å². The molecule has 0 heterocycles. The van der Waals surface area contributed by atoms with Gasteiger partial charge < -0.3 is 5.11 Å². The van der Waals surface area contributed by atoms with Crippen molar-refractivity contribution in [2.45, 2.75) is 25.4 Å². The van der Waals surface area contributed by atoms with Gasteiger partial charge in [-0.1, -0.05) is 97.1 Å². The van der Waals surface area contributed by atoms with Gasteiger partial charge in [0.1, 0.15) is 0 Å². The second kappa shape index (κ2) is 8.46. The fraction of sp³-hybridized carbons (Fsp3) is 0.167. The summed E-state index contributed by atoms with van der Waals surface area (Å²) in [5.41, 5.74) is 4.48. The Morgan fingerprint density at radius 3 is 2.08 bits per heavy atom. The minimum absolute atomic E-state index is 0.0299. The summed E-state index contributed by atoms with van der Waals surface area (Å²) in [4.78, 5) is 0. The zero-order valence-corrected chi connectivity index (χ0v) is 14.5. The van der Waals surface area contributed by atoms with E-state index in [4.69, 9.17) is 0 Å². The van der Waals surface area contributed by atoms with E-state index >= 15 is 0 Å². The van der Waals surface area contributed by atoms with Crippen LogP contribution in [0.25, 0.3) is 6.08 Å². The fourth-order valence-electron chi connectivity index (χ4n) is 3.20. The number of rotatable bonds is 6. The summed E-state index contributed by atoms with van der Waals surface area (Å²) in [6.07, 6.45) is 4.55. The molecule has 0 spiro atoms. The van der Waals surface area contributed by atoms with Gasteiger partial charge in [-0.2, -0.15) is 0 Å². The van der Waals surface area contributed by atoms with Gasteiger partial charge in [-0.25, -0.2) is 0 Å². The molecule has 3 rings (SSSR count). The van der Waals surface area contributed by atoms with E-state index in [1.165, 1.54) is 5.56 Å². The Balaban J connectivity index is 1.85. The number of hydrogen-bond acceptors (Lipinski definition) is 1. The monoisotopic (exact) mass is 328 g/mol. The molecule has 1 nitrogen and oxygen atoms in total. The van der Waals surface area contributed by atoms with Crippen LogP contribution in [0.2, 0.25) is 0 Å². The largest absolute Gasteiger partial charge is 0.388 e. The Hall–Kier alpha value is -2.64. The van der Waals surface area contributed by atoms with Crippen LogP contribution in [0, 0.1) is 6.92 Å². The standard InChI is InChI=1S/C24H24O/c1-19-11-8-9-17-22(19)24(25)23(21-15-6-3-7-16-21)18-10-14-20-12-4-2-5-13-20/h2-17,23-25H,18H2,1H3/b14-10+/t23-,24-/m0/s1. The maximum atomic E-state index is 11.1. The highest BCUT2D eigenvalue weighted by Crippen LogP contribution is 2.35. The molecule has 1 N–H and O–H groups in total. The van der Waals surface area contributed by atoms with Gasteiger partial charge in [0.25, 0.3) is 0 Å². The molecule has 0 aliphatic heterocycles. The van der Waals surface area contributed by atoms with Gasteiger partial charge in [0, 0.05) is 5.92 Å². The van der Waals surface area contributed by atoms with Gasteiger partial charge in [0.05, 0.1) is 6.10 Å². The van der Waals surface area contributed by atoms with E-state index in [9.17, 15) is 5.11 Å². The van der Waals surface area contributed by atoms with Crippen molar-refractivity contribution in [2.75, 3.05) is 0 Å². The van der Waals surface area contributed by atoms with Crippen LogP contribution in [-0.4, -0.2) is 5.11 Å². The maximum absolute atomic E-state index is 11.1. The lowest BCUT2D eigenvalue weighted by Gasteiger charge is -2.24. The summed E-state index contributed by atoms with van der Waals surface area (Å²) >= 11 is 0. The summed E-state index contributed by atoms with van der Waals surface area (Å²) < 4.78 is 0. The number of aliphatic hydroxyl groups is 1. The second-order valence-electron chi connectivity index (χ2n) is 6.37. The molecule has 0 amide bonds. The third-order valence-corrected chi connectivity index (χ3v) is 4.62. The van der Waals surface area contributed by atoms with Crippen LogP contribution in [-0.2, 0) is 0 Å². The molecule has 1 heteroatoms. The molecular formula is C24H24O. The molecule has 0 saturated carbocycles. The Bertz CT molecular complexity index is 806. The van der Waals surface area contributed by atoms with Crippen LogP contribution in [0.5, 0.6) is 0 Å². The van der Waals surface area contributed by atoms with Crippen LogP contribution < -0.4 is 0 Å². The highest BCUT2D eigenvalue weighted by Gasteiger charge is 2.22. The summed E-state index contributed by atoms with van der Waals surface area (Å²) in [7, 11) is 0. The van der Waals surface area contributed by atoms with Crippen molar-refractivity contribution in [3.63, 3.8) is 0 Å². The van der Waals surface area contributed by atoms with Crippen LogP contribution >= 0.6 is 0 Å². The van der Waals surface area contributed by atoms with Crippen molar-refractivity contribution < 1.29 is 5.11 Å². The van der Waals surface area contributed by atoms with E-state index in [0.717, 1.165) is 23.1 Å². The third-order valence-electron chi connectivity index (χ3n) is 4.62. The van der Waals surface area contributed by atoms with Crippen molar-refractivity contribution in [2.24, 2.45) is 0 Å². The van der Waals surface area contributed by atoms with Crippen LogP contribution in [0.15, 0.2) is 91.0 Å². The Morgan fingerprint density at radius 1 is 0.800 bits per heavy atom. The number of aryl methyl sites for hydroxylation is 1. The van der Waals surface area contributed by atoms with E-state index < -0.39 is 6.10 Å². The van der Waals surface area contributed by atoms with Crippen molar-refractivity contribution in [3.8, 4) is 0 Å². The molecule has 126 valence electrons. The first-order valence-electron chi connectivity index (χ1n) is 8.76. The fourth-order valence-corrected chi connectivity index (χ4v) is 3.20. The molecule has 0 fully saturated rings. The average Bonchev–Trinajstić information content (AvgIpc) is 2.67. The topological polar surface area (TPSA) is 20.2 Å². The highest BCUT2D eigenvalue weighted by molar-refractivity contribution is 5.49. The molecule has 25 heavy (non-hydrogen) atoms. The third kappa shape index (κ3) is 4.46. The van der Waals surface area contributed by atoms with Gasteiger partial charge in [-0.3, -0.25) is 0 Å². The Labute approximate surface area is 150 Å². The molecule has 0 aliphatic rings. The molecule has 0 aromatic heterocycles. The molecule has 0 bridgehead atoms. The lowest BCUT2D eigenvalue weighted by Crippen LogP contribution is -2.11. The predicted molar refractivity (Wildman–Crippen MR) is 105 cm³/mol. The number of allylic oxidation sites excluding steroid dienone is 1. The highest BCUT2D eigenvalue weighted by atomic mass is 16.3. The number of benzene rings is 3. The summed E-state index contributed by atoms with van der Waals surface area (Å²) in [6, 6.07) is 28.6. The van der Waals surface area contributed by atoms with E-state index in [1.54, 1.807) is 0 Å². The summed E-state index contributed by atoms with van der Waals surface area (Å²) in [6.45, 7) is 2.06. The number of hydrogen-bond donors (Lipinski definition) is 1. The molecule has 3 aromatic rings.